The van der Waals surface area contributed by atoms with Crippen molar-refractivity contribution >= 4 is 11.6 Å². The molecule has 0 aromatic heterocycles. The lowest BCUT2D eigenvalue weighted by Crippen LogP contribution is -2.26. The maximum absolute atomic E-state index is 12.8. The number of rotatable bonds is 4. The number of nitrogens with one attached hydrogen (secondary N) is 1. The van der Waals surface area contributed by atoms with Gasteiger partial charge in [-0.3, -0.25) is 4.79 Å². The van der Waals surface area contributed by atoms with Crippen LogP contribution in [0.2, 0.25) is 0 Å². The molecule has 0 aliphatic heterocycles. The molecule has 3 N–H and O–H groups in total. The first-order chi connectivity index (χ1) is 7.41. The lowest BCUT2D eigenvalue weighted by molar-refractivity contribution is -0.120. The van der Waals surface area contributed by atoms with E-state index in [1.165, 1.54) is 0 Å². The van der Waals surface area contributed by atoms with Crippen molar-refractivity contribution < 1.29 is 18.0 Å². The molecule has 16 heavy (non-hydrogen) atoms. The minimum atomic E-state index is -1.52. The van der Waals surface area contributed by atoms with Gasteiger partial charge in [0.05, 0.1) is 5.92 Å². The zero-order valence-electron chi connectivity index (χ0n) is 8.56. The Hall–Kier alpha value is -1.72. The molecule has 1 aromatic carbocycles. The molecule has 0 heterocycles. The summed E-state index contributed by atoms with van der Waals surface area (Å²) in [5.74, 6) is -5.11. The summed E-state index contributed by atoms with van der Waals surface area (Å²) in [5, 5.41) is 2.59. The van der Waals surface area contributed by atoms with E-state index in [1.54, 1.807) is 6.92 Å². The van der Waals surface area contributed by atoms with Gasteiger partial charge in [-0.15, -0.1) is 0 Å². The SMILES string of the molecule is CC(CNc1cc(F)c(F)c(F)c1)C(N)=O. The largest absolute Gasteiger partial charge is 0.384 e. The topological polar surface area (TPSA) is 55.1 Å². The van der Waals surface area contributed by atoms with Crippen molar-refractivity contribution in [2.24, 2.45) is 11.7 Å². The first-order valence-corrected chi connectivity index (χ1v) is 4.59. The van der Waals surface area contributed by atoms with Crippen LogP contribution < -0.4 is 11.1 Å². The van der Waals surface area contributed by atoms with Crippen LogP contribution in [0.3, 0.4) is 0 Å². The Labute approximate surface area is 90.4 Å². The molecular formula is C10H11F3N2O. The highest BCUT2D eigenvalue weighted by atomic mass is 19.2. The van der Waals surface area contributed by atoms with Gasteiger partial charge in [-0.05, 0) is 0 Å². The van der Waals surface area contributed by atoms with Crippen molar-refractivity contribution in [3.05, 3.63) is 29.6 Å². The van der Waals surface area contributed by atoms with Gasteiger partial charge in [-0.25, -0.2) is 13.2 Å². The Morgan fingerprint density at radius 1 is 1.38 bits per heavy atom. The first kappa shape index (κ1) is 12.4. The van der Waals surface area contributed by atoms with Gasteiger partial charge in [0, 0.05) is 24.4 Å². The van der Waals surface area contributed by atoms with E-state index in [0.29, 0.717) is 0 Å². The van der Waals surface area contributed by atoms with Crippen LogP contribution in [0.25, 0.3) is 0 Å². The molecule has 0 fully saturated rings. The number of benzene rings is 1. The van der Waals surface area contributed by atoms with Gasteiger partial charge >= 0.3 is 0 Å². The molecule has 0 aliphatic carbocycles. The van der Waals surface area contributed by atoms with Crippen LogP contribution in [-0.2, 0) is 4.79 Å². The van der Waals surface area contributed by atoms with E-state index in [9.17, 15) is 18.0 Å². The molecule has 88 valence electrons. The molecule has 1 unspecified atom stereocenters. The highest BCUT2D eigenvalue weighted by Gasteiger charge is 2.12. The Balaban J connectivity index is 2.72. The quantitative estimate of drug-likeness (QED) is 0.775. The third-order valence-electron chi connectivity index (χ3n) is 2.08. The van der Waals surface area contributed by atoms with Gasteiger partial charge in [0.25, 0.3) is 0 Å². The number of primary amides is 1. The molecule has 3 nitrogen and oxygen atoms in total. The average Bonchev–Trinajstić information content (AvgIpc) is 2.22. The first-order valence-electron chi connectivity index (χ1n) is 4.59. The predicted octanol–water partition coefficient (Wildman–Crippen LogP) is 1.64. The highest BCUT2D eigenvalue weighted by molar-refractivity contribution is 5.76. The summed E-state index contributed by atoms with van der Waals surface area (Å²) in [5.41, 5.74) is 5.06. The Morgan fingerprint density at radius 2 is 1.88 bits per heavy atom. The van der Waals surface area contributed by atoms with Crippen LogP contribution >= 0.6 is 0 Å². The second kappa shape index (κ2) is 4.87. The number of nitrogens with two attached hydrogens (primary N) is 1. The predicted molar refractivity (Wildman–Crippen MR) is 53.2 cm³/mol. The molecule has 0 bridgehead atoms. The zero-order valence-corrected chi connectivity index (χ0v) is 8.56. The number of halogens is 3. The van der Waals surface area contributed by atoms with E-state index in [2.05, 4.69) is 5.32 Å². The number of carbonyl (C=O) groups is 1. The van der Waals surface area contributed by atoms with Crippen molar-refractivity contribution in [1.82, 2.24) is 0 Å². The Morgan fingerprint density at radius 3 is 2.31 bits per heavy atom. The van der Waals surface area contributed by atoms with E-state index >= 15 is 0 Å². The molecule has 1 amide bonds. The number of carbonyl (C=O) groups excluding carboxylic acids is 1. The Bertz CT molecular complexity index is 386. The fourth-order valence-electron chi connectivity index (χ4n) is 1.03. The van der Waals surface area contributed by atoms with Crippen LogP contribution in [0.5, 0.6) is 0 Å². The average molecular weight is 232 g/mol. The fraction of sp³-hybridized carbons (Fsp3) is 0.300. The van der Waals surface area contributed by atoms with Crippen LogP contribution in [0.4, 0.5) is 18.9 Å². The fourth-order valence-corrected chi connectivity index (χ4v) is 1.03. The van der Waals surface area contributed by atoms with E-state index < -0.39 is 29.3 Å². The van der Waals surface area contributed by atoms with Gasteiger partial charge < -0.3 is 11.1 Å². The smallest absolute Gasteiger partial charge is 0.222 e. The van der Waals surface area contributed by atoms with Gasteiger partial charge in [-0.2, -0.15) is 0 Å². The molecule has 1 rings (SSSR count). The molecule has 0 radical (unpaired) electrons. The van der Waals surface area contributed by atoms with Crippen molar-refractivity contribution in [2.75, 3.05) is 11.9 Å². The van der Waals surface area contributed by atoms with Gasteiger partial charge in [0.1, 0.15) is 0 Å². The van der Waals surface area contributed by atoms with E-state index in [-0.39, 0.29) is 12.2 Å². The summed E-state index contributed by atoms with van der Waals surface area (Å²) in [7, 11) is 0. The minimum Gasteiger partial charge on any atom is -0.384 e. The normalized spacial score (nSPS) is 12.2. The molecule has 6 heteroatoms. The molecule has 0 saturated heterocycles. The third-order valence-corrected chi connectivity index (χ3v) is 2.08. The molecule has 0 spiro atoms. The third kappa shape index (κ3) is 2.88. The summed E-state index contributed by atoms with van der Waals surface area (Å²) in [6, 6.07) is 1.62. The highest BCUT2D eigenvalue weighted by Crippen LogP contribution is 2.17. The van der Waals surface area contributed by atoms with Crippen LogP contribution in [0.1, 0.15) is 6.92 Å². The van der Waals surface area contributed by atoms with Crippen LogP contribution in [0, 0.1) is 23.4 Å². The molecule has 0 saturated carbocycles. The van der Waals surface area contributed by atoms with E-state index in [1.807, 2.05) is 0 Å². The van der Waals surface area contributed by atoms with Crippen molar-refractivity contribution in [3.8, 4) is 0 Å². The van der Waals surface area contributed by atoms with E-state index in [4.69, 9.17) is 5.73 Å². The molecule has 1 aromatic rings. The summed E-state index contributed by atoms with van der Waals surface area (Å²) < 4.78 is 38.1. The monoisotopic (exact) mass is 232 g/mol. The van der Waals surface area contributed by atoms with Crippen molar-refractivity contribution in [2.45, 2.75) is 6.92 Å². The standard InChI is InChI=1S/C10H11F3N2O/c1-5(10(14)16)4-15-6-2-7(11)9(13)8(12)3-6/h2-3,5,15H,4H2,1H3,(H2,14,16). The molecule has 1 atom stereocenters. The summed E-state index contributed by atoms with van der Waals surface area (Å²) in [4.78, 5) is 10.7. The number of hydrogen-bond donors (Lipinski definition) is 2. The van der Waals surface area contributed by atoms with Crippen LogP contribution in [-0.4, -0.2) is 12.5 Å². The maximum Gasteiger partial charge on any atom is 0.222 e. The van der Waals surface area contributed by atoms with E-state index in [0.717, 1.165) is 12.1 Å². The van der Waals surface area contributed by atoms with Gasteiger partial charge in [0.15, 0.2) is 17.5 Å². The number of anilines is 1. The lowest BCUT2D eigenvalue weighted by Gasteiger charge is -2.10. The van der Waals surface area contributed by atoms with Crippen LogP contribution in [0.15, 0.2) is 12.1 Å². The molecular weight excluding hydrogens is 221 g/mol. The minimum absolute atomic E-state index is 0.0597. The lowest BCUT2D eigenvalue weighted by atomic mass is 10.1. The second-order valence-corrected chi connectivity index (χ2v) is 3.44. The second-order valence-electron chi connectivity index (χ2n) is 3.44. The summed E-state index contributed by atoms with van der Waals surface area (Å²) >= 11 is 0. The van der Waals surface area contributed by atoms with Crippen molar-refractivity contribution in [1.29, 1.82) is 0 Å². The molecule has 0 aliphatic rings. The van der Waals surface area contributed by atoms with Crippen molar-refractivity contribution in [3.63, 3.8) is 0 Å². The van der Waals surface area contributed by atoms with Gasteiger partial charge in [-0.1, -0.05) is 6.92 Å². The maximum atomic E-state index is 12.8. The van der Waals surface area contributed by atoms with Gasteiger partial charge in [0.2, 0.25) is 5.91 Å². The zero-order chi connectivity index (χ0) is 12.3. The summed E-state index contributed by atoms with van der Waals surface area (Å²) in [6.07, 6.45) is 0. The summed E-state index contributed by atoms with van der Waals surface area (Å²) in [6.45, 7) is 1.69. The number of amides is 1. The number of hydrogen-bond acceptors (Lipinski definition) is 2. The Kier molecular flexibility index (Phi) is 3.76.